The molecule has 0 aliphatic heterocycles. The van der Waals surface area contributed by atoms with Crippen molar-refractivity contribution in [2.45, 2.75) is 124 Å². The van der Waals surface area contributed by atoms with Crippen molar-refractivity contribution in [3.63, 3.8) is 0 Å². The predicted octanol–water partition coefficient (Wildman–Crippen LogP) is 11.0. The number of benzene rings is 2. The summed E-state index contributed by atoms with van der Waals surface area (Å²) in [6, 6.07) is 20.7. The van der Waals surface area contributed by atoms with Crippen LogP contribution < -0.4 is 0 Å². The van der Waals surface area contributed by atoms with Gasteiger partial charge in [0.05, 0.1) is 0 Å². The number of allylic oxidation sites excluding steroid dienone is 2. The minimum Gasteiger partial charge on any atom is -0.300 e. The van der Waals surface area contributed by atoms with Gasteiger partial charge in [0.1, 0.15) is 11.6 Å². The Kier molecular flexibility index (Phi) is 19.4. The molecule has 2 aromatic rings. The number of hydrogen-bond acceptors (Lipinski definition) is 2. The Balaban J connectivity index is 0.000000400. The normalized spacial score (nSPS) is 12.1. The van der Waals surface area contributed by atoms with E-state index in [0.29, 0.717) is 23.9 Å². The predicted molar refractivity (Wildman–Crippen MR) is 174 cm³/mol. The highest BCUT2D eigenvalue weighted by Gasteiger charge is 2.18. The lowest BCUT2D eigenvalue weighted by atomic mass is 9.87. The Morgan fingerprint density at radius 3 is 1.70 bits per heavy atom. The fourth-order valence-corrected chi connectivity index (χ4v) is 5.13. The average Bonchev–Trinajstić information content (AvgIpc) is 2.93. The molecular formula is C38H56O2. The number of rotatable bonds is 20. The molecule has 0 bridgehead atoms. The molecule has 0 amide bonds. The summed E-state index contributed by atoms with van der Waals surface area (Å²) in [6.45, 7) is 16.4. The fourth-order valence-electron chi connectivity index (χ4n) is 5.13. The van der Waals surface area contributed by atoms with Gasteiger partial charge in [0, 0.05) is 25.2 Å². The average molecular weight is 545 g/mol. The van der Waals surface area contributed by atoms with Crippen molar-refractivity contribution in [2.24, 2.45) is 5.92 Å². The van der Waals surface area contributed by atoms with Crippen LogP contribution in [-0.2, 0) is 16.0 Å². The first-order valence-corrected chi connectivity index (χ1v) is 15.7. The number of carbonyl (C=O) groups excluding carboxylic acids is 2. The van der Waals surface area contributed by atoms with Crippen LogP contribution in [-0.4, -0.2) is 11.6 Å². The topological polar surface area (TPSA) is 34.1 Å². The highest BCUT2D eigenvalue weighted by molar-refractivity contribution is 5.81. The molecule has 40 heavy (non-hydrogen) atoms. The van der Waals surface area contributed by atoms with Crippen molar-refractivity contribution < 1.29 is 9.59 Å². The number of Topliss-reactive ketones (excluding diaryl/α,β-unsaturated/α-hetero) is 2. The zero-order valence-electron chi connectivity index (χ0n) is 26.1. The Bertz CT molecular complexity index is 973. The first kappa shape index (κ1) is 35.3. The number of ketones is 2. The van der Waals surface area contributed by atoms with Crippen molar-refractivity contribution in [3.05, 3.63) is 96.1 Å². The van der Waals surface area contributed by atoms with Gasteiger partial charge in [0.2, 0.25) is 0 Å². The van der Waals surface area contributed by atoms with Crippen LogP contribution in [0.4, 0.5) is 0 Å². The zero-order valence-corrected chi connectivity index (χ0v) is 26.1. The third-order valence-corrected chi connectivity index (χ3v) is 7.30. The molecule has 0 saturated heterocycles. The molecule has 0 radical (unpaired) electrons. The second kappa shape index (κ2) is 22.0. The van der Waals surface area contributed by atoms with Gasteiger partial charge in [0.25, 0.3) is 0 Å². The van der Waals surface area contributed by atoms with E-state index < -0.39 is 0 Å². The molecule has 0 saturated carbocycles. The standard InChI is InChI=1S/2C19H28O/c1-4-5-6-10-13-19(20)15-18(14-16(2)3)17-11-8-7-9-12-17;1-4-5-6-10-13-19(20)18(14-16(2)3)15-17-11-8-7-9-12-17/h2*7-9,11-12,18H,2,4-6,10,13-15H2,1,3H3. The van der Waals surface area contributed by atoms with E-state index in [1.807, 2.05) is 50.2 Å². The molecule has 0 fully saturated rings. The van der Waals surface area contributed by atoms with Gasteiger partial charge in [-0.2, -0.15) is 0 Å². The van der Waals surface area contributed by atoms with E-state index in [1.54, 1.807) is 0 Å². The maximum absolute atomic E-state index is 12.4. The summed E-state index contributed by atoms with van der Waals surface area (Å²) in [5.74, 6) is 1.22. The van der Waals surface area contributed by atoms with E-state index in [4.69, 9.17) is 0 Å². The summed E-state index contributed by atoms with van der Waals surface area (Å²) in [5.41, 5.74) is 4.77. The van der Waals surface area contributed by atoms with Gasteiger partial charge in [-0.05, 0) is 63.0 Å². The summed E-state index contributed by atoms with van der Waals surface area (Å²) < 4.78 is 0. The van der Waals surface area contributed by atoms with Gasteiger partial charge in [-0.3, -0.25) is 9.59 Å². The lowest BCUT2D eigenvalue weighted by molar-refractivity contribution is -0.123. The quantitative estimate of drug-likeness (QED) is 0.123. The van der Waals surface area contributed by atoms with Crippen LogP contribution >= 0.6 is 0 Å². The largest absolute Gasteiger partial charge is 0.300 e. The molecule has 0 aliphatic rings. The first-order valence-electron chi connectivity index (χ1n) is 15.7. The second-order valence-corrected chi connectivity index (χ2v) is 11.6. The first-order chi connectivity index (χ1) is 19.3. The van der Waals surface area contributed by atoms with E-state index in [2.05, 4.69) is 51.3 Å². The maximum Gasteiger partial charge on any atom is 0.136 e. The highest BCUT2D eigenvalue weighted by Crippen LogP contribution is 2.27. The van der Waals surface area contributed by atoms with Crippen molar-refractivity contribution >= 4 is 11.6 Å². The second-order valence-electron chi connectivity index (χ2n) is 11.6. The molecule has 0 aromatic heterocycles. The summed E-state index contributed by atoms with van der Waals surface area (Å²) in [4.78, 5) is 24.5. The molecule has 0 N–H and O–H groups in total. The summed E-state index contributed by atoms with van der Waals surface area (Å²) in [6.07, 6.45) is 14.0. The third kappa shape index (κ3) is 17.1. The molecule has 2 atom stereocenters. The van der Waals surface area contributed by atoms with Gasteiger partial charge in [-0.25, -0.2) is 0 Å². The summed E-state index contributed by atoms with van der Waals surface area (Å²) in [7, 11) is 0. The van der Waals surface area contributed by atoms with Crippen LogP contribution in [0.5, 0.6) is 0 Å². The maximum atomic E-state index is 12.4. The van der Waals surface area contributed by atoms with Gasteiger partial charge in [0.15, 0.2) is 0 Å². The number of unbranched alkanes of at least 4 members (excludes halogenated alkanes) is 6. The molecule has 0 heterocycles. The van der Waals surface area contributed by atoms with Crippen LogP contribution in [0.3, 0.4) is 0 Å². The third-order valence-electron chi connectivity index (χ3n) is 7.30. The molecule has 0 aliphatic carbocycles. The molecule has 2 unspecified atom stereocenters. The zero-order chi connectivity index (χ0) is 29.6. The highest BCUT2D eigenvalue weighted by atomic mass is 16.1. The van der Waals surface area contributed by atoms with Gasteiger partial charge in [-0.1, -0.05) is 124 Å². The van der Waals surface area contributed by atoms with Gasteiger partial charge in [-0.15, -0.1) is 13.2 Å². The minimum atomic E-state index is 0.108. The van der Waals surface area contributed by atoms with Gasteiger partial charge < -0.3 is 0 Å². The minimum absolute atomic E-state index is 0.108. The molecule has 2 rings (SSSR count). The van der Waals surface area contributed by atoms with Crippen molar-refractivity contribution in [1.82, 2.24) is 0 Å². The van der Waals surface area contributed by atoms with E-state index >= 15 is 0 Å². The summed E-state index contributed by atoms with van der Waals surface area (Å²) in [5, 5.41) is 0. The smallest absolute Gasteiger partial charge is 0.136 e. The van der Waals surface area contributed by atoms with Crippen molar-refractivity contribution in [1.29, 1.82) is 0 Å². The van der Waals surface area contributed by atoms with E-state index in [-0.39, 0.29) is 5.92 Å². The van der Waals surface area contributed by atoms with Crippen molar-refractivity contribution in [2.75, 3.05) is 0 Å². The van der Waals surface area contributed by atoms with Crippen molar-refractivity contribution in [3.8, 4) is 0 Å². The number of hydrogen-bond donors (Lipinski definition) is 0. The van der Waals surface area contributed by atoms with Gasteiger partial charge >= 0.3 is 0 Å². The van der Waals surface area contributed by atoms with Crippen LogP contribution in [0.15, 0.2) is 85.0 Å². The van der Waals surface area contributed by atoms with Crippen LogP contribution in [0.1, 0.15) is 128 Å². The molecule has 0 spiro atoms. The Morgan fingerprint density at radius 2 is 1.18 bits per heavy atom. The van der Waals surface area contributed by atoms with Crippen LogP contribution in [0.2, 0.25) is 0 Å². The van der Waals surface area contributed by atoms with E-state index in [9.17, 15) is 9.59 Å². The Labute approximate surface area is 246 Å². The molecule has 2 aromatic carbocycles. The molecule has 2 heteroatoms. The lowest BCUT2D eigenvalue weighted by Gasteiger charge is -2.17. The van der Waals surface area contributed by atoms with E-state index in [1.165, 1.54) is 49.7 Å². The number of carbonyl (C=O) groups is 2. The van der Waals surface area contributed by atoms with E-state index in [0.717, 1.165) is 56.1 Å². The molecule has 220 valence electrons. The Morgan fingerprint density at radius 1 is 0.650 bits per heavy atom. The van der Waals surface area contributed by atoms with Crippen LogP contribution in [0.25, 0.3) is 0 Å². The fraction of sp³-hybridized carbons (Fsp3) is 0.526. The molecular weight excluding hydrogens is 488 g/mol. The Hall–Kier alpha value is -2.74. The monoisotopic (exact) mass is 544 g/mol. The summed E-state index contributed by atoms with van der Waals surface area (Å²) >= 11 is 0. The SMILES string of the molecule is C=C(C)CC(CC(=O)CCCCCC)c1ccccc1.C=C(C)CC(Cc1ccccc1)C(=O)CCCCCC. The lowest BCUT2D eigenvalue weighted by Crippen LogP contribution is -2.17. The molecule has 2 nitrogen and oxygen atoms in total. The van der Waals surface area contributed by atoms with Crippen LogP contribution in [0, 0.1) is 5.92 Å².